The Morgan fingerprint density at radius 1 is 1.21 bits per heavy atom. The van der Waals surface area contributed by atoms with Crippen LogP contribution in [0.4, 0.5) is 0 Å². The first-order chi connectivity index (χ1) is 11.0. The number of fused-ring (bicyclic) bond motifs is 1. The summed E-state index contributed by atoms with van der Waals surface area (Å²) in [7, 11) is 0. The monoisotopic (exact) mass is 416 g/mol. The van der Waals surface area contributed by atoms with Gasteiger partial charge < -0.3 is 15.0 Å². The van der Waals surface area contributed by atoms with Gasteiger partial charge in [-0.1, -0.05) is 15.9 Å². The first-order valence-corrected chi connectivity index (χ1v) is 9.29. The van der Waals surface area contributed by atoms with Gasteiger partial charge >= 0.3 is 0 Å². The molecule has 0 spiro atoms. The lowest BCUT2D eigenvalue weighted by Crippen LogP contribution is -2.32. The Kier molecular flexibility index (Phi) is 6.96. The molecule has 2 saturated heterocycles. The highest BCUT2D eigenvalue weighted by Crippen LogP contribution is 2.29. The third-order valence-corrected chi connectivity index (χ3v) is 5.25. The second kappa shape index (κ2) is 8.54. The first kappa shape index (κ1) is 19.5. The van der Waals surface area contributed by atoms with Crippen molar-refractivity contribution in [3.63, 3.8) is 0 Å². The molecular formula is C18H26BrClN2O2. The average Bonchev–Trinajstić information content (AvgIpc) is 2.84. The molecule has 0 unspecified atom stereocenters. The Morgan fingerprint density at radius 2 is 1.83 bits per heavy atom. The summed E-state index contributed by atoms with van der Waals surface area (Å²) in [6, 6.07) is 5.67. The molecule has 1 amide bonds. The van der Waals surface area contributed by atoms with Crippen LogP contribution in [0.1, 0.15) is 37.0 Å². The van der Waals surface area contributed by atoms with Gasteiger partial charge in [0.05, 0.1) is 6.10 Å². The normalized spacial score (nSPS) is 23.4. The number of halogens is 2. The van der Waals surface area contributed by atoms with Gasteiger partial charge in [-0.25, -0.2) is 0 Å². The van der Waals surface area contributed by atoms with E-state index in [-0.39, 0.29) is 24.4 Å². The number of hydrogen-bond donors (Lipinski definition) is 1. The molecule has 0 saturated carbocycles. The summed E-state index contributed by atoms with van der Waals surface area (Å²) in [6.07, 6.45) is 2.30. The summed E-state index contributed by atoms with van der Waals surface area (Å²) >= 11 is 3.49. The van der Waals surface area contributed by atoms with Gasteiger partial charge in [0.25, 0.3) is 5.91 Å². The lowest BCUT2D eigenvalue weighted by atomic mass is 9.92. The molecule has 2 aliphatic heterocycles. The fourth-order valence-corrected chi connectivity index (χ4v) is 4.10. The van der Waals surface area contributed by atoms with E-state index in [1.165, 1.54) is 0 Å². The Labute approximate surface area is 158 Å². The van der Waals surface area contributed by atoms with Gasteiger partial charge in [-0.2, -0.15) is 0 Å². The number of nitrogens with zero attached hydrogens (tertiary/aromatic N) is 1. The van der Waals surface area contributed by atoms with E-state index in [1.807, 2.05) is 36.9 Å². The van der Waals surface area contributed by atoms with Crippen LogP contribution >= 0.6 is 28.3 Å². The third-order valence-electron chi connectivity index (χ3n) is 4.80. The molecule has 0 aromatic heterocycles. The standard InChI is InChI=1S/C18H25BrN2O2.ClH/c1-12(2)23-17-8-15(7-16(19)9-17)18(22)21-5-3-13-10-20-11-14(13)4-6-21;/h7-9,12-14,20H,3-6,10-11H2,1-2H3;1H/t13-,14+;. The smallest absolute Gasteiger partial charge is 0.254 e. The Bertz CT molecular complexity index is 568. The Morgan fingerprint density at radius 3 is 2.42 bits per heavy atom. The van der Waals surface area contributed by atoms with Crippen LogP contribution in [0.5, 0.6) is 5.75 Å². The maximum absolute atomic E-state index is 12.9. The number of carbonyl (C=O) groups excluding carboxylic acids is 1. The van der Waals surface area contributed by atoms with Gasteiger partial charge in [-0.05, 0) is 69.8 Å². The molecule has 1 aromatic rings. The van der Waals surface area contributed by atoms with Crippen molar-refractivity contribution in [2.45, 2.75) is 32.8 Å². The van der Waals surface area contributed by atoms with Crippen LogP contribution in [0.3, 0.4) is 0 Å². The van der Waals surface area contributed by atoms with Crippen LogP contribution in [-0.2, 0) is 0 Å². The first-order valence-electron chi connectivity index (χ1n) is 8.50. The van der Waals surface area contributed by atoms with Crippen LogP contribution in [0.2, 0.25) is 0 Å². The van der Waals surface area contributed by atoms with Gasteiger partial charge in [-0.3, -0.25) is 4.79 Å². The zero-order valence-electron chi connectivity index (χ0n) is 14.3. The van der Waals surface area contributed by atoms with Crippen molar-refractivity contribution >= 4 is 34.2 Å². The zero-order valence-corrected chi connectivity index (χ0v) is 16.7. The van der Waals surface area contributed by atoms with Crippen LogP contribution < -0.4 is 10.1 Å². The molecular weight excluding hydrogens is 392 g/mol. The summed E-state index contributed by atoms with van der Waals surface area (Å²) in [5.41, 5.74) is 0.709. The molecule has 6 heteroatoms. The minimum atomic E-state index is 0. The number of hydrogen-bond acceptors (Lipinski definition) is 3. The Balaban J connectivity index is 0.00000208. The lowest BCUT2D eigenvalue weighted by molar-refractivity contribution is 0.0757. The fourth-order valence-electron chi connectivity index (χ4n) is 3.63. The number of carbonyl (C=O) groups is 1. The van der Waals surface area contributed by atoms with Gasteiger partial charge in [0.15, 0.2) is 0 Å². The average molecular weight is 418 g/mol. The second-order valence-electron chi connectivity index (χ2n) is 6.89. The summed E-state index contributed by atoms with van der Waals surface area (Å²) in [4.78, 5) is 14.9. The summed E-state index contributed by atoms with van der Waals surface area (Å²) in [5.74, 6) is 2.33. The van der Waals surface area contributed by atoms with E-state index in [4.69, 9.17) is 4.74 Å². The van der Waals surface area contributed by atoms with Crippen molar-refractivity contribution in [1.82, 2.24) is 10.2 Å². The molecule has 0 bridgehead atoms. The minimum Gasteiger partial charge on any atom is -0.491 e. The van der Waals surface area contributed by atoms with Gasteiger partial charge in [0.1, 0.15) is 5.75 Å². The van der Waals surface area contributed by atoms with Crippen LogP contribution in [0.15, 0.2) is 22.7 Å². The van der Waals surface area contributed by atoms with E-state index in [0.29, 0.717) is 5.56 Å². The molecule has 3 rings (SSSR count). The van der Waals surface area contributed by atoms with E-state index in [9.17, 15) is 4.79 Å². The molecule has 1 N–H and O–H groups in total. The van der Waals surface area contributed by atoms with Crippen LogP contribution in [0, 0.1) is 11.8 Å². The second-order valence-corrected chi connectivity index (χ2v) is 7.81. The van der Waals surface area contributed by atoms with Gasteiger partial charge in [0.2, 0.25) is 0 Å². The lowest BCUT2D eigenvalue weighted by Gasteiger charge is -2.21. The molecule has 2 fully saturated rings. The highest BCUT2D eigenvalue weighted by Gasteiger charge is 2.31. The van der Waals surface area contributed by atoms with Crippen molar-refractivity contribution in [3.05, 3.63) is 28.2 Å². The van der Waals surface area contributed by atoms with Crippen molar-refractivity contribution in [2.75, 3.05) is 26.2 Å². The van der Waals surface area contributed by atoms with Gasteiger partial charge in [-0.15, -0.1) is 12.4 Å². The molecule has 0 aliphatic carbocycles. The summed E-state index contributed by atoms with van der Waals surface area (Å²) in [5, 5.41) is 3.47. The quantitative estimate of drug-likeness (QED) is 0.815. The number of amides is 1. The number of likely N-dealkylation sites (tertiary alicyclic amines) is 1. The van der Waals surface area contributed by atoms with Gasteiger partial charge in [0, 0.05) is 23.1 Å². The van der Waals surface area contributed by atoms with E-state index in [2.05, 4.69) is 21.2 Å². The largest absolute Gasteiger partial charge is 0.491 e. The molecule has 4 nitrogen and oxygen atoms in total. The number of benzene rings is 1. The van der Waals surface area contributed by atoms with E-state index >= 15 is 0 Å². The predicted molar refractivity (Wildman–Crippen MR) is 102 cm³/mol. The van der Waals surface area contributed by atoms with Crippen molar-refractivity contribution < 1.29 is 9.53 Å². The van der Waals surface area contributed by atoms with Crippen LogP contribution in [0.25, 0.3) is 0 Å². The molecule has 2 heterocycles. The SMILES string of the molecule is CC(C)Oc1cc(Br)cc(C(=O)N2CC[C@@H]3CNC[C@@H]3CC2)c1.Cl. The highest BCUT2D eigenvalue weighted by molar-refractivity contribution is 9.10. The molecule has 2 aliphatic rings. The predicted octanol–water partition coefficient (Wildman–Crippen LogP) is 3.73. The molecule has 24 heavy (non-hydrogen) atoms. The molecule has 1 aromatic carbocycles. The maximum atomic E-state index is 12.9. The van der Waals surface area contributed by atoms with Crippen molar-refractivity contribution in [2.24, 2.45) is 11.8 Å². The Hall–Kier alpha value is -0.780. The van der Waals surface area contributed by atoms with E-state index < -0.39 is 0 Å². The topological polar surface area (TPSA) is 41.6 Å². The van der Waals surface area contributed by atoms with Crippen molar-refractivity contribution in [1.29, 1.82) is 0 Å². The summed E-state index contributed by atoms with van der Waals surface area (Å²) in [6.45, 7) is 7.91. The molecule has 0 radical (unpaired) electrons. The van der Waals surface area contributed by atoms with E-state index in [0.717, 1.165) is 61.1 Å². The number of rotatable bonds is 3. The maximum Gasteiger partial charge on any atom is 0.254 e. The fraction of sp³-hybridized carbons (Fsp3) is 0.611. The third kappa shape index (κ3) is 4.64. The minimum absolute atomic E-state index is 0. The highest BCUT2D eigenvalue weighted by atomic mass is 79.9. The zero-order chi connectivity index (χ0) is 16.4. The van der Waals surface area contributed by atoms with Crippen molar-refractivity contribution in [3.8, 4) is 5.75 Å². The molecule has 134 valence electrons. The van der Waals surface area contributed by atoms with Crippen LogP contribution in [-0.4, -0.2) is 43.1 Å². The number of nitrogens with one attached hydrogen (secondary N) is 1. The number of ether oxygens (including phenoxy) is 1. The van der Waals surface area contributed by atoms with E-state index in [1.54, 1.807) is 0 Å². The molecule has 2 atom stereocenters. The summed E-state index contributed by atoms with van der Waals surface area (Å²) < 4.78 is 6.63.